The molecule has 0 aliphatic rings. The third-order valence-corrected chi connectivity index (χ3v) is 3.75. The number of alkyl carbamates (subject to hydrolysis) is 1. The Morgan fingerprint density at radius 1 is 1.14 bits per heavy atom. The predicted octanol–water partition coefficient (Wildman–Crippen LogP) is 1.57. The quantitative estimate of drug-likeness (QED) is 0.548. The zero-order valence-electron chi connectivity index (χ0n) is 15.4. The number of carboxylic acid groups (broad SMARTS) is 1. The lowest BCUT2D eigenvalue weighted by molar-refractivity contribution is -0.140. The van der Waals surface area contributed by atoms with E-state index in [9.17, 15) is 28.0 Å². The lowest BCUT2D eigenvalue weighted by Gasteiger charge is -2.24. The summed E-state index contributed by atoms with van der Waals surface area (Å²) >= 11 is 0. The average molecular weight is 400 g/mol. The fourth-order valence-corrected chi connectivity index (χ4v) is 2.24. The molecule has 0 saturated heterocycles. The largest absolute Gasteiger partial charge is 0.481 e. The van der Waals surface area contributed by atoms with Crippen molar-refractivity contribution in [3.8, 4) is 0 Å². The molecule has 0 bridgehead atoms. The minimum atomic E-state index is -1.56. The number of ketones is 1. The van der Waals surface area contributed by atoms with Crippen molar-refractivity contribution in [2.45, 2.75) is 39.0 Å². The molecule has 1 aromatic rings. The van der Waals surface area contributed by atoms with Crippen molar-refractivity contribution in [2.24, 2.45) is 5.92 Å². The van der Waals surface area contributed by atoms with Gasteiger partial charge in [0.25, 0.3) is 0 Å². The minimum absolute atomic E-state index is 0.137. The van der Waals surface area contributed by atoms with E-state index in [0.29, 0.717) is 0 Å². The first-order valence-corrected chi connectivity index (χ1v) is 8.43. The number of hydrogen-bond donors (Lipinski definition) is 3. The molecule has 0 aliphatic carbocycles. The first-order chi connectivity index (χ1) is 13.1. The van der Waals surface area contributed by atoms with E-state index in [0.717, 1.165) is 0 Å². The van der Waals surface area contributed by atoms with Crippen LogP contribution in [0.5, 0.6) is 0 Å². The van der Waals surface area contributed by atoms with Gasteiger partial charge < -0.3 is 20.5 Å². The number of amides is 2. The second kappa shape index (κ2) is 11.0. The van der Waals surface area contributed by atoms with Gasteiger partial charge in [-0.1, -0.05) is 32.0 Å². The first kappa shape index (κ1) is 23.0. The second-order valence-electron chi connectivity index (χ2n) is 6.29. The summed E-state index contributed by atoms with van der Waals surface area (Å²) in [5.41, 5.74) is 0.137. The van der Waals surface area contributed by atoms with Crippen LogP contribution in [-0.4, -0.2) is 47.6 Å². The van der Waals surface area contributed by atoms with Crippen LogP contribution in [0, 0.1) is 11.7 Å². The van der Waals surface area contributed by atoms with Crippen molar-refractivity contribution in [3.05, 3.63) is 35.6 Å². The molecule has 2 amide bonds. The molecule has 1 rings (SSSR count). The summed E-state index contributed by atoms with van der Waals surface area (Å²) in [7, 11) is 0. The standard InChI is InChI=1S/C18H22F2N2O6/c1-10(2)16(17(26)21-13(7-15(24)25)14(23)8-19)22-18(27)28-9-11-5-3-4-6-12(11)20/h3-6,10,13,16H,7-9H2,1-2H3,(H,21,26)(H,22,27)(H,24,25)/t13?,16-/m0/s1. The third kappa shape index (κ3) is 7.29. The van der Waals surface area contributed by atoms with Gasteiger partial charge in [0, 0.05) is 5.56 Å². The Morgan fingerprint density at radius 2 is 1.79 bits per heavy atom. The Kier molecular flexibility index (Phi) is 9.00. The molecule has 28 heavy (non-hydrogen) atoms. The van der Waals surface area contributed by atoms with Crippen LogP contribution in [0.2, 0.25) is 0 Å². The molecule has 0 aromatic heterocycles. The Bertz CT molecular complexity index is 726. The van der Waals surface area contributed by atoms with Gasteiger partial charge in [0.15, 0.2) is 5.78 Å². The van der Waals surface area contributed by atoms with Crippen LogP contribution >= 0.6 is 0 Å². The number of Topliss-reactive ketones (excluding diaryl/α,β-unsaturated/α-hetero) is 1. The van der Waals surface area contributed by atoms with Gasteiger partial charge in [-0.15, -0.1) is 0 Å². The SMILES string of the molecule is CC(C)[C@H](NC(=O)OCc1ccccc1F)C(=O)NC(CC(=O)O)C(=O)CF. The molecule has 154 valence electrons. The zero-order chi connectivity index (χ0) is 21.3. The summed E-state index contributed by atoms with van der Waals surface area (Å²) in [4.78, 5) is 46.6. The number of carbonyl (C=O) groups is 4. The van der Waals surface area contributed by atoms with Crippen LogP contribution in [0.4, 0.5) is 13.6 Å². The first-order valence-electron chi connectivity index (χ1n) is 8.43. The van der Waals surface area contributed by atoms with Gasteiger partial charge in [-0.2, -0.15) is 0 Å². The predicted molar refractivity (Wildman–Crippen MR) is 93.5 cm³/mol. The zero-order valence-corrected chi connectivity index (χ0v) is 15.4. The number of nitrogens with one attached hydrogen (secondary N) is 2. The maximum atomic E-state index is 13.5. The van der Waals surface area contributed by atoms with Gasteiger partial charge in [0.1, 0.15) is 31.2 Å². The second-order valence-corrected chi connectivity index (χ2v) is 6.29. The summed E-state index contributed by atoms with van der Waals surface area (Å²) in [5, 5.41) is 13.2. The summed E-state index contributed by atoms with van der Waals surface area (Å²) in [6, 6.07) is 2.92. The number of carboxylic acids is 1. The lowest BCUT2D eigenvalue weighted by atomic mass is 10.0. The molecule has 1 unspecified atom stereocenters. The highest BCUT2D eigenvalue weighted by atomic mass is 19.1. The molecule has 0 spiro atoms. The van der Waals surface area contributed by atoms with E-state index in [1.54, 1.807) is 19.9 Å². The Labute approximate surface area is 160 Å². The van der Waals surface area contributed by atoms with Gasteiger partial charge in [0.05, 0.1) is 6.42 Å². The third-order valence-electron chi connectivity index (χ3n) is 3.75. The van der Waals surface area contributed by atoms with E-state index in [1.807, 2.05) is 0 Å². The van der Waals surface area contributed by atoms with Gasteiger partial charge in [-0.05, 0) is 12.0 Å². The molecule has 1 aromatic carbocycles. The average Bonchev–Trinajstić information content (AvgIpc) is 2.63. The maximum absolute atomic E-state index is 13.5. The Morgan fingerprint density at radius 3 is 2.32 bits per heavy atom. The molecule has 3 N–H and O–H groups in total. The van der Waals surface area contributed by atoms with Crippen molar-refractivity contribution in [1.29, 1.82) is 0 Å². The molecular formula is C18H22F2N2O6. The molecule has 0 radical (unpaired) electrons. The number of carbonyl (C=O) groups excluding carboxylic acids is 3. The summed E-state index contributed by atoms with van der Waals surface area (Å²) < 4.78 is 31.0. The summed E-state index contributed by atoms with van der Waals surface area (Å²) in [6.45, 7) is 1.37. The van der Waals surface area contributed by atoms with Gasteiger partial charge >= 0.3 is 12.1 Å². The Hall–Kier alpha value is -3.04. The number of ether oxygens (including phenoxy) is 1. The Balaban J connectivity index is 2.73. The highest BCUT2D eigenvalue weighted by molar-refractivity contribution is 5.94. The van der Waals surface area contributed by atoms with Crippen molar-refractivity contribution in [2.75, 3.05) is 6.67 Å². The van der Waals surface area contributed by atoms with Crippen molar-refractivity contribution in [1.82, 2.24) is 10.6 Å². The summed E-state index contributed by atoms with van der Waals surface area (Å²) in [5.74, 6) is -4.39. The number of alkyl halides is 1. The van der Waals surface area contributed by atoms with E-state index >= 15 is 0 Å². The summed E-state index contributed by atoms with van der Waals surface area (Å²) in [6.07, 6.45) is -1.81. The van der Waals surface area contributed by atoms with Crippen molar-refractivity contribution in [3.63, 3.8) is 0 Å². The number of hydrogen-bond acceptors (Lipinski definition) is 5. The van der Waals surface area contributed by atoms with Gasteiger partial charge in [-0.3, -0.25) is 14.4 Å². The monoisotopic (exact) mass is 400 g/mol. The minimum Gasteiger partial charge on any atom is -0.481 e. The lowest BCUT2D eigenvalue weighted by Crippen LogP contribution is -2.54. The van der Waals surface area contributed by atoms with E-state index in [1.165, 1.54) is 18.2 Å². The number of aliphatic carboxylic acids is 1. The maximum Gasteiger partial charge on any atom is 0.408 e. The molecule has 8 nitrogen and oxygen atoms in total. The van der Waals surface area contributed by atoms with E-state index < -0.39 is 60.7 Å². The van der Waals surface area contributed by atoms with Crippen LogP contribution < -0.4 is 10.6 Å². The molecule has 2 atom stereocenters. The van der Waals surface area contributed by atoms with Crippen molar-refractivity contribution >= 4 is 23.8 Å². The molecule has 0 aliphatic heterocycles. The van der Waals surface area contributed by atoms with Gasteiger partial charge in [0.2, 0.25) is 5.91 Å². The topological polar surface area (TPSA) is 122 Å². The molecule has 0 heterocycles. The van der Waals surface area contributed by atoms with Crippen LogP contribution in [-0.2, 0) is 25.7 Å². The van der Waals surface area contributed by atoms with Gasteiger partial charge in [-0.25, -0.2) is 13.6 Å². The fraction of sp³-hybridized carbons (Fsp3) is 0.444. The van der Waals surface area contributed by atoms with Crippen LogP contribution in [0.1, 0.15) is 25.8 Å². The number of rotatable bonds is 10. The normalized spacial score (nSPS) is 12.8. The van der Waals surface area contributed by atoms with Crippen LogP contribution in [0.15, 0.2) is 24.3 Å². The molecule has 0 saturated carbocycles. The van der Waals surface area contributed by atoms with Crippen molar-refractivity contribution < 1.29 is 37.8 Å². The number of halogens is 2. The van der Waals surface area contributed by atoms with E-state index in [4.69, 9.17) is 9.84 Å². The highest BCUT2D eigenvalue weighted by Crippen LogP contribution is 2.09. The number of benzene rings is 1. The van der Waals surface area contributed by atoms with E-state index in [2.05, 4.69) is 10.6 Å². The van der Waals surface area contributed by atoms with Crippen LogP contribution in [0.3, 0.4) is 0 Å². The fourth-order valence-electron chi connectivity index (χ4n) is 2.24. The van der Waals surface area contributed by atoms with Crippen LogP contribution in [0.25, 0.3) is 0 Å². The van der Waals surface area contributed by atoms with E-state index in [-0.39, 0.29) is 12.2 Å². The smallest absolute Gasteiger partial charge is 0.408 e. The molecule has 0 fully saturated rings. The highest BCUT2D eigenvalue weighted by Gasteiger charge is 2.30. The molecule has 10 heteroatoms. The molecular weight excluding hydrogens is 378 g/mol.